The Morgan fingerprint density at radius 1 is 1.38 bits per heavy atom. The van der Waals surface area contributed by atoms with Gasteiger partial charge in [-0.3, -0.25) is 14.0 Å². The van der Waals surface area contributed by atoms with Crippen molar-refractivity contribution in [3.63, 3.8) is 0 Å². The molecule has 1 aromatic rings. The molecule has 0 fully saturated rings. The molecule has 7 heteroatoms. The molecule has 0 radical (unpaired) electrons. The predicted molar refractivity (Wildman–Crippen MR) is 60.1 cm³/mol. The maximum atomic E-state index is 11.3. The van der Waals surface area contributed by atoms with Gasteiger partial charge in [-0.1, -0.05) is 6.42 Å². The van der Waals surface area contributed by atoms with Crippen LogP contribution < -0.4 is 5.56 Å². The second-order valence-corrected chi connectivity index (χ2v) is 5.35. The van der Waals surface area contributed by atoms with Gasteiger partial charge < -0.3 is 5.10 Å². The van der Waals surface area contributed by atoms with Crippen LogP contribution >= 0.6 is 0 Å². The first-order valence-electron chi connectivity index (χ1n) is 5.10. The van der Waals surface area contributed by atoms with E-state index in [0.29, 0.717) is 25.8 Å². The molecular weight excluding hydrogens is 232 g/mol. The third-order valence-corrected chi connectivity index (χ3v) is 3.01. The van der Waals surface area contributed by atoms with Gasteiger partial charge >= 0.3 is 0 Å². The Bertz CT molecular complexity index is 486. The van der Waals surface area contributed by atoms with Crippen LogP contribution in [0.2, 0.25) is 0 Å². The van der Waals surface area contributed by atoms with Crippen molar-refractivity contribution in [2.24, 2.45) is 0 Å². The third-order valence-electron chi connectivity index (χ3n) is 2.20. The van der Waals surface area contributed by atoms with Crippen molar-refractivity contribution in [3.05, 3.63) is 22.1 Å². The van der Waals surface area contributed by atoms with Gasteiger partial charge in [0.05, 0.1) is 5.75 Å². The van der Waals surface area contributed by atoms with E-state index < -0.39 is 10.1 Å². The molecule has 0 aliphatic heterocycles. The molecule has 2 N–H and O–H groups in total. The Kier molecular flexibility index (Phi) is 4.31. The summed E-state index contributed by atoms with van der Waals surface area (Å²) in [4.78, 5) is 11.3. The quantitative estimate of drug-likeness (QED) is 0.568. The largest absolute Gasteiger partial charge is 0.300 e. The van der Waals surface area contributed by atoms with Crippen LogP contribution in [0.3, 0.4) is 0 Å². The lowest BCUT2D eigenvalue weighted by molar-refractivity contribution is 0.476. The Balaban J connectivity index is 2.27. The number of aryl methyl sites for hydroxylation is 2. The molecule has 0 aliphatic rings. The van der Waals surface area contributed by atoms with E-state index in [4.69, 9.17) is 4.55 Å². The van der Waals surface area contributed by atoms with Crippen LogP contribution in [0.25, 0.3) is 0 Å². The minimum Gasteiger partial charge on any atom is -0.300 e. The van der Waals surface area contributed by atoms with Crippen molar-refractivity contribution >= 4 is 10.1 Å². The number of aromatic amines is 1. The zero-order chi connectivity index (χ0) is 12.2. The lowest BCUT2D eigenvalue weighted by Gasteiger charge is -2.01. The minimum absolute atomic E-state index is 0.0766. The van der Waals surface area contributed by atoms with Crippen LogP contribution in [-0.2, 0) is 16.7 Å². The highest BCUT2D eigenvalue weighted by atomic mass is 32.2. The molecule has 1 aromatic heterocycles. The molecular formula is C9H16N2O4S. The molecule has 1 heterocycles. The molecule has 0 spiro atoms. The normalized spacial score (nSPS) is 11.9. The fraction of sp³-hybridized carbons (Fsp3) is 0.667. The van der Waals surface area contributed by atoms with Crippen LogP contribution in [0.1, 0.15) is 25.0 Å². The first-order valence-corrected chi connectivity index (χ1v) is 6.71. The first kappa shape index (κ1) is 13.0. The maximum Gasteiger partial charge on any atom is 0.266 e. The second kappa shape index (κ2) is 5.31. The van der Waals surface area contributed by atoms with E-state index >= 15 is 0 Å². The van der Waals surface area contributed by atoms with Gasteiger partial charge in [-0.05, 0) is 19.8 Å². The summed E-state index contributed by atoms with van der Waals surface area (Å²) in [5, 5.41) is 2.89. The van der Waals surface area contributed by atoms with Crippen LogP contribution in [-0.4, -0.2) is 28.5 Å². The Hall–Kier alpha value is -1.08. The Morgan fingerprint density at radius 2 is 2.06 bits per heavy atom. The van der Waals surface area contributed by atoms with E-state index in [1.165, 1.54) is 10.7 Å². The second-order valence-electron chi connectivity index (χ2n) is 3.78. The van der Waals surface area contributed by atoms with Crippen LogP contribution in [0.4, 0.5) is 0 Å². The summed E-state index contributed by atoms with van der Waals surface area (Å²) in [6.45, 7) is 2.34. The number of aromatic nitrogens is 2. The van der Waals surface area contributed by atoms with Gasteiger partial charge in [-0.25, -0.2) is 0 Å². The van der Waals surface area contributed by atoms with Crippen molar-refractivity contribution < 1.29 is 13.0 Å². The van der Waals surface area contributed by atoms with E-state index in [2.05, 4.69) is 5.10 Å². The summed E-state index contributed by atoms with van der Waals surface area (Å²) in [6, 6.07) is 1.51. The van der Waals surface area contributed by atoms with Crippen LogP contribution in [0.5, 0.6) is 0 Å². The highest BCUT2D eigenvalue weighted by Gasteiger charge is 2.04. The molecule has 0 aromatic carbocycles. The standard InChI is InChI=1S/C9H16N2O4S/c1-8-7-9(12)11(10-8)5-3-2-4-6-16(13,14)15/h7,10H,2-6H2,1H3,(H,13,14,15). The average Bonchev–Trinajstić information content (AvgIpc) is 2.42. The number of nitrogens with one attached hydrogen (secondary N) is 1. The molecule has 0 aliphatic carbocycles. The highest BCUT2D eigenvalue weighted by Crippen LogP contribution is 2.00. The van der Waals surface area contributed by atoms with Gasteiger partial charge in [0.2, 0.25) is 0 Å². The Labute approximate surface area is 94.0 Å². The van der Waals surface area contributed by atoms with Gasteiger partial charge in [0.25, 0.3) is 15.7 Å². The average molecular weight is 248 g/mol. The molecule has 0 saturated heterocycles. The van der Waals surface area contributed by atoms with E-state index in [9.17, 15) is 13.2 Å². The third kappa shape index (κ3) is 4.63. The molecule has 0 amide bonds. The van der Waals surface area contributed by atoms with Gasteiger partial charge in [-0.2, -0.15) is 8.42 Å². The number of nitrogens with zero attached hydrogens (tertiary/aromatic N) is 1. The first-order chi connectivity index (χ1) is 7.38. The van der Waals surface area contributed by atoms with Crippen molar-refractivity contribution in [2.75, 3.05) is 5.75 Å². The van der Waals surface area contributed by atoms with E-state index in [1.54, 1.807) is 6.92 Å². The molecule has 92 valence electrons. The zero-order valence-corrected chi connectivity index (χ0v) is 9.96. The van der Waals surface area contributed by atoms with Gasteiger partial charge in [0.15, 0.2) is 0 Å². The number of H-pyrrole nitrogens is 1. The number of rotatable bonds is 6. The number of hydrogen-bond acceptors (Lipinski definition) is 3. The summed E-state index contributed by atoms with van der Waals surface area (Å²) in [5.41, 5.74) is 0.732. The molecule has 1 rings (SSSR count). The van der Waals surface area contributed by atoms with Crippen LogP contribution in [0.15, 0.2) is 10.9 Å². The molecule has 0 unspecified atom stereocenters. The molecule has 0 atom stereocenters. The number of hydrogen-bond donors (Lipinski definition) is 2. The molecule has 6 nitrogen and oxygen atoms in total. The summed E-state index contributed by atoms with van der Waals surface area (Å²) in [7, 11) is -3.85. The lowest BCUT2D eigenvalue weighted by atomic mass is 10.2. The smallest absolute Gasteiger partial charge is 0.266 e. The van der Waals surface area contributed by atoms with Gasteiger partial charge in [-0.15, -0.1) is 0 Å². The lowest BCUT2D eigenvalue weighted by Crippen LogP contribution is -2.16. The van der Waals surface area contributed by atoms with Gasteiger partial charge in [0, 0.05) is 18.3 Å². The van der Waals surface area contributed by atoms with Crippen molar-refractivity contribution in [1.29, 1.82) is 0 Å². The summed E-state index contributed by atoms with van der Waals surface area (Å²) in [6.07, 6.45) is 1.77. The molecule has 0 bridgehead atoms. The SMILES string of the molecule is Cc1cc(=O)n(CCCCCS(=O)(=O)O)[nH]1. The summed E-state index contributed by atoms with van der Waals surface area (Å²) < 4.78 is 30.8. The van der Waals surface area contributed by atoms with E-state index in [1.807, 2.05) is 0 Å². The fourth-order valence-corrected chi connectivity index (χ4v) is 2.03. The van der Waals surface area contributed by atoms with Crippen LogP contribution in [0, 0.1) is 6.92 Å². The summed E-state index contributed by atoms with van der Waals surface area (Å²) in [5.74, 6) is -0.217. The zero-order valence-electron chi connectivity index (χ0n) is 9.14. The van der Waals surface area contributed by atoms with Crippen molar-refractivity contribution in [1.82, 2.24) is 9.78 Å². The maximum absolute atomic E-state index is 11.3. The minimum atomic E-state index is -3.85. The fourth-order valence-electron chi connectivity index (χ4n) is 1.46. The van der Waals surface area contributed by atoms with E-state index in [-0.39, 0.29) is 11.3 Å². The van der Waals surface area contributed by atoms with E-state index in [0.717, 1.165) is 5.69 Å². The van der Waals surface area contributed by atoms with Crippen molar-refractivity contribution in [3.8, 4) is 0 Å². The van der Waals surface area contributed by atoms with Crippen molar-refractivity contribution in [2.45, 2.75) is 32.7 Å². The number of unbranched alkanes of at least 4 members (excludes halogenated alkanes) is 2. The summed E-state index contributed by atoms with van der Waals surface area (Å²) >= 11 is 0. The monoisotopic (exact) mass is 248 g/mol. The predicted octanol–water partition coefficient (Wildman–Crippen LogP) is 0.543. The Morgan fingerprint density at radius 3 is 2.56 bits per heavy atom. The topological polar surface area (TPSA) is 92.2 Å². The molecule has 16 heavy (non-hydrogen) atoms. The van der Waals surface area contributed by atoms with Gasteiger partial charge in [0.1, 0.15) is 0 Å². The molecule has 0 saturated carbocycles. The highest BCUT2D eigenvalue weighted by molar-refractivity contribution is 7.85.